The summed E-state index contributed by atoms with van der Waals surface area (Å²) in [5.41, 5.74) is 0.665. The lowest BCUT2D eigenvalue weighted by Gasteiger charge is -2.45. The van der Waals surface area contributed by atoms with Crippen LogP contribution in [-0.4, -0.2) is 55.5 Å². The molecule has 0 radical (unpaired) electrons. The van der Waals surface area contributed by atoms with Crippen molar-refractivity contribution >= 4 is 40.7 Å². The Morgan fingerprint density at radius 1 is 1.31 bits per heavy atom. The molecule has 1 aromatic rings. The maximum absolute atomic E-state index is 13.0. The van der Waals surface area contributed by atoms with Gasteiger partial charge >= 0.3 is 0 Å². The summed E-state index contributed by atoms with van der Waals surface area (Å²) in [6.45, 7) is 4.73. The minimum atomic E-state index is -0.687. The van der Waals surface area contributed by atoms with E-state index in [-0.39, 0.29) is 27.9 Å². The first-order valence-corrected chi connectivity index (χ1v) is 9.62. The van der Waals surface area contributed by atoms with E-state index in [0.29, 0.717) is 22.9 Å². The number of hydrogen-bond donors (Lipinski definition) is 1. The molecule has 0 aliphatic carbocycles. The van der Waals surface area contributed by atoms with Crippen molar-refractivity contribution in [1.82, 2.24) is 10.2 Å². The first-order valence-electron chi connectivity index (χ1n) is 8.86. The number of carbonyl (C=O) groups excluding carboxylic acids is 2. The van der Waals surface area contributed by atoms with Gasteiger partial charge in [0.05, 0.1) is 15.6 Å². The lowest BCUT2D eigenvalue weighted by Crippen LogP contribution is -2.57. The van der Waals surface area contributed by atoms with E-state index in [2.05, 4.69) is 10.2 Å². The molecule has 4 aliphatic rings. The molecule has 1 aromatic carbocycles. The van der Waals surface area contributed by atoms with Gasteiger partial charge in [-0.25, -0.2) is 0 Å². The number of ether oxygens (including phenoxy) is 1. The van der Waals surface area contributed by atoms with E-state index < -0.39 is 6.10 Å². The first kappa shape index (κ1) is 17.9. The number of hydrogen-bond acceptors (Lipinski definition) is 4. The number of nitrogens with one attached hydrogen (secondary N) is 1. The van der Waals surface area contributed by atoms with E-state index in [0.717, 1.165) is 32.5 Å². The number of fused-ring (bicyclic) bond motifs is 4. The highest BCUT2D eigenvalue weighted by molar-refractivity contribution is 6.45. The number of benzene rings is 1. The number of nitrogens with zero attached hydrogens (tertiary/aromatic N) is 2. The van der Waals surface area contributed by atoms with Crippen LogP contribution < -0.4 is 15.0 Å². The number of amides is 2. The van der Waals surface area contributed by atoms with Crippen LogP contribution >= 0.6 is 23.2 Å². The Morgan fingerprint density at radius 2 is 2.00 bits per heavy atom. The predicted molar refractivity (Wildman–Crippen MR) is 100 cm³/mol. The number of rotatable bonds is 2. The number of anilines is 1. The molecular formula is C18H21Cl2N3O3. The Bertz CT molecular complexity index is 777. The number of carbonyl (C=O) groups is 2. The summed E-state index contributed by atoms with van der Waals surface area (Å²) in [7, 11) is 1.61. The van der Waals surface area contributed by atoms with Crippen molar-refractivity contribution < 1.29 is 14.3 Å². The highest BCUT2D eigenvalue weighted by Gasteiger charge is 2.38. The summed E-state index contributed by atoms with van der Waals surface area (Å²) >= 11 is 12.5. The second kappa shape index (κ2) is 6.59. The molecule has 6 nitrogen and oxygen atoms in total. The highest BCUT2D eigenvalue weighted by Crippen LogP contribution is 2.45. The van der Waals surface area contributed by atoms with Gasteiger partial charge in [-0.2, -0.15) is 0 Å². The molecule has 140 valence electrons. The lowest BCUT2D eigenvalue weighted by molar-refractivity contribution is -0.125. The minimum absolute atomic E-state index is 0.121. The van der Waals surface area contributed by atoms with E-state index in [4.69, 9.17) is 27.9 Å². The molecule has 0 spiro atoms. The summed E-state index contributed by atoms with van der Waals surface area (Å²) in [6, 6.07) is 1.64. The van der Waals surface area contributed by atoms with E-state index in [1.807, 2.05) is 0 Å². The lowest BCUT2D eigenvalue weighted by atomic mass is 9.84. The van der Waals surface area contributed by atoms with Gasteiger partial charge in [-0.3, -0.25) is 9.59 Å². The monoisotopic (exact) mass is 397 g/mol. The molecule has 5 rings (SSSR count). The van der Waals surface area contributed by atoms with Crippen molar-refractivity contribution in [3.05, 3.63) is 21.7 Å². The van der Waals surface area contributed by atoms with Crippen molar-refractivity contribution in [1.29, 1.82) is 0 Å². The molecule has 4 aliphatic heterocycles. The molecule has 3 saturated heterocycles. The third-order valence-corrected chi connectivity index (χ3v) is 6.45. The van der Waals surface area contributed by atoms with E-state index in [1.165, 1.54) is 11.0 Å². The Labute approximate surface area is 162 Å². The molecule has 8 heteroatoms. The van der Waals surface area contributed by atoms with Gasteiger partial charge in [-0.15, -0.1) is 0 Å². The van der Waals surface area contributed by atoms with Crippen molar-refractivity contribution in [3.8, 4) is 5.75 Å². The average Bonchev–Trinajstić information content (AvgIpc) is 2.63. The van der Waals surface area contributed by atoms with Crippen LogP contribution in [0.3, 0.4) is 0 Å². The fraction of sp³-hybridized carbons (Fsp3) is 0.556. The molecule has 2 amide bonds. The van der Waals surface area contributed by atoms with Crippen LogP contribution in [0.2, 0.25) is 10.0 Å². The Morgan fingerprint density at radius 3 is 2.62 bits per heavy atom. The summed E-state index contributed by atoms with van der Waals surface area (Å²) in [4.78, 5) is 29.0. The average molecular weight is 398 g/mol. The van der Waals surface area contributed by atoms with Crippen LogP contribution in [-0.2, 0) is 4.79 Å². The van der Waals surface area contributed by atoms with Gasteiger partial charge < -0.3 is 19.9 Å². The molecule has 2 unspecified atom stereocenters. The maximum Gasteiger partial charge on any atom is 0.267 e. The van der Waals surface area contributed by atoms with Gasteiger partial charge in [-0.1, -0.05) is 23.2 Å². The van der Waals surface area contributed by atoms with Gasteiger partial charge in [0.15, 0.2) is 11.9 Å². The van der Waals surface area contributed by atoms with Crippen LogP contribution in [0.5, 0.6) is 5.75 Å². The van der Waals surface area contributed by atoms with Crippen molar-refractivity contribution in [2.45, 2.75) is 31.9 Å². The van der Waals surface area contributed by atoms with Crippen LogP contribution in [0.1, 0.15) is 30.1 Å². The Hall–Kier alpha value is -1.50. The third-order valence-electron chi connectivity index (χ3n) is 5.67. The number of piperidine rings is 3. The standard InChI is InChI=1S/C18H21Cl2N3O3/c1-9-18(25)22(2)15-14(20)12(19)7-11(16(15)26-9)17(24)21-13-8-23-5-3-10(13)4-6-23/h7,9-10,13H,3-6,8H2,1-2H3,(H,21,24). The maximum atomic E-state index is 13.0. The zero-order chi connectivity index (χ0) is 18.6. The normalized spacial score (nSPS) is 30.0. The van der Waals surface area contributed by atoms with Crippen molar-refractivity contribution in [2.24, 2.45) is 5.92 Å². The van der Waals surface area contributed by atoms with Crippen LogP contribution in [0.4, 0.5) is 5.69 Å². The van der Waals surface area contributed by atoms with Gasteiger partial charge in [0.1, 0.15) is 5.69 Å². The fourth-order valence-corrected chi connectivity index (χ4v) is 4.63. The van der Waals surface area contributed by atoms with Crippen LogP contribution in [0.15, 0.2) is 6.07 Å². The molecule has 0 aromatic heterocycles. The second-order valence-corrected chi connectivity index (χ2v) is 8.06. The quantitative estimate of drug-likeness (QED) is 0.832. The highest BCUT2D eigenvalue weighted by atomic mass is 35.5. The largest absolute Gasteiger partial charge is 0.478 e. The second-order valence-electron chi connectivity index (χ2n) is 7.27. The Kier molecular flexibility index (Phi) is 4.53. The number of halogens is 2. The summed E-state index contributed by atoms with van der Waals surface area (Å²) < 4.78 is 5.75. The fourth-order valence-electron chi connectivity index (χ4n) is 4.17. The molecule has 26 heavy (non-hydrogen) atoms. The van der Waals surface area contributed by atoms with E-state index >= 15 is 0 Å². The van der Waals surface area contributed by atoms with Crippen LogP contribution in [0, 0.1) is 5.92 Å². The molecule has 2 atom stereocenters. The summed E-state index contributed by atoms with van der Waals surface area (Å²) in [5.74, 6) is 0.346. The molecule has 1 N–H and O–H groups in total. The smallest absolute Gasteiger partial charge is 0.267 e. The van der Waals surface area contributed by atoms with Gasteiger partial charge in [0.2, 0.25) is 0 Å². The first-order chi connectivity index (χ1) is 12.4. The van der Waals surface area contributed by atoms with Gasteiger partial charge in [0, 0.05) is 19.6 Å². The zero-order valence-electron chi connectivity index (χ0n) is 14.7. The van der Waals surface area contributed by atoms with Crippen molar-refractivity contribution in [3.63, 3.8) is 0 Å². The topological polar surface area (TPSA) is 61.9 Å². The minimum Gasteiger partial charge on any atom is -0.478 e. The molecule has 2 bridgehead atoms. The third kappa shape index (κ3) is 2.84. The predicted octanol–water partition coefficient (Wildman–Crippen LogP) is 2.56. The molecule has 0 saturated carbocycles. The zero-order valence-corrected chi connectivity index (χ0v) is 16.2. The summed E-state index contributed by atoms with van der Waals surface area (Å²) in [6.07, 6.45) is 1.53. The van der Waals surface area contributed by atoms with E-state index in [9.17, 15) is 9.59 Å². The summed E-state index contributed by atoms with van der Waals surface area (Å²) in [5, 5.41) is 3.57. The molecule has 4 heterocycles. The van der Waals surface area contributed by atoms with Crippen molar-refractivity contribution in [2.75, 3.05) is 31.6 Å². The van der Waals surface area contributed by atoms with Gasteiger partial charge in [0.25, 0.3) is 11.8 Å². The molecular weight excluding hydrogens is 377 g/mol. The van der Waals surface area contributed by atoms with E-state index in [1.54, 1.807) is 14.0 Å². The van der Waals surface area contributed by atoms with Gasteiger partial charge in [-0.05, 0) is 44.8 Å². The number of likely N-dealkylation sites (N-methyl/N-ethyl adjacent to an activating group) is 1. The SMILES string of the molecule is CC1Oc2c(C(=O)NC3CN4CCC3CC4)cc(Cl)c(Cl)c2N(C)C1=O. The van der Waals surface area contributed by atoms with Crippen LogP contribution in [0.25, 0.3) is 0 Å². The molecule has 3 fully saturated rings. The Balaban J connectivity index is 1.67.